The first-order valence-corrected chi connectivity index (χ1v) is 9.19. The summed E-state index contributed by atoms with van der Waals surface area (Å²) < 4.78 is 2.07. The standard InChI is InChI=1S/C22H27N3O2/c1-13(2)16-6-7-20(26)18(12-16)21-19(22(27)24-23-21)11-14(3)10-17-8-9-25(5)15(17)4/h6-10,12-13,26H,11H2,1-5H3,(H2,23,24,27)/b14-10+. The minimum atomic E-state index is -0.156. The number of aromatic nitrogens is 3. The van der Waals surface area contributed by atoms with Crippen molar-refractivity contribution in [3.63, 3.8) is 0 Å². The molecule has 1 aromatic carbocycles. The van der Waals surface area contributed by atoms with Gasteiger partial charge in [-0.2, -0.15) is 0 Å². The Morgan fingerprint density at radius 1 is 1.26 bits per heavy atom. The number of aromatic amines is 2. The zero-order valence-corrected chi connectivity index (χ0v) is 16.6. The van der Waals surface area contributed by atoms with E-state index in [4.69, 9.17) is 0 Å². The minimum Gasteiger partial charge on any atom is -0.507 e. The smallest absolute Gasteiger partial charge is 0.268 e. The van der Waals surface area contributed by atoms with Gasteiger partial charge in [-0.3, -0.25) is 15.0 Å². The highest BCUT2D eigenvalue weighted by Crippen LogP contribution is 2.32. The van der Waals surface area contributed by atoms with E-state index in [2.05, 4.69) is 47.7 Å². The lowest BCUT2D eigenvalue weighted by atomic mass is 9.96. The molecule has 2 heterocycles. The lowest BCUT2D eigenvalue weighted by Gasteiger charge is -2.11. The van der Waals surface area contributed by atoms with Crippen molar-refractivity contribution in [2.75, 3.05) is 0 Å². The van der Waals surface area contributed by atoms with E-state index in [0.29, 0.717) is 29.2 Å². The zero-order chi connectivity index (χ0) is 19.7. The summed E-state index contributed by atoms with van der Waals surface area (Å²) >= 11 is 0. The van der Waals surface area contributed by atoms with Crippen LogP contribution in [0.25, 0.3) is 17.3 Å². The Morgan fingerprint density at radius 2 is 2.00 bits per heavy atom. The van der Waals surface area contributed by atoms with E-state index < -0.39 is 0 Å². The van der Waals surface area contributed by atoms with Crippen molar-refractivity contribution in [2.45, 2.75) is 40.0 Å². The molecule has 3 rings (SSSR count). The highest BCUT2D eigenvalue weighted by Gasteiger charge is 2.17. The lowest BCUT2D eigenvalue weighted by Crippen LogP contribution is -2.07. The number of phenols is 1. The number of hydrogen-bond acceptors (Lipinski definition) is 2. The summed E-state index contributed by atoms with van der Waals surface area (Å²) in [6.45, 7) is 8.30. The quantitative estimate of drug-likeness (QED) is 0.623. The summed E-state index contributed by atoms with van der Waals surface area (Å²) in [5, 5.41) is 16.0. The maximum Gasteiger partial charge on any atom is 0.268 e. The van der Waals surface area contributed by atoms with Gasteiger partial charge in [0.15, 0.2) is 0 Å². The molecule has 0 bridgehead atoms. The van der Waals surface area contributed by atoms with Gasteiger partial charge in [0.2, 0.25) is 0 Å². The molecule has 5 nitrogen and oxygen atoms in total. The molecule has 3 N–H and O–H groups in total. The molecule has 3 aromatic rings. The summed E-state index contributed by atoms with van der Waals surface area (Å²) in [5.41, 5.74) is 6.30. The maximum atomic E-state index is 12.4. The molecule has 0 aliphatic rings. The Kier molecular flexibility index (Phi) is 5.13. The van der Waals surface area contributed by atoms with Crippen molar-refractivity contribution in [2.24, 2.45) is 7.05 Å². The predicted octanol–water partition coefficient (Wildman–Crippen LogP) is 4.49. The van der Waals surface area contributed by atoms with Gasteiger partial charge >= 0.3 is 0 Å². The van der Waals surface area contributed by atoms with Crippen LogP contribution in [-0.2, 0) is 13.5 Å². The molecule has 0 saturated heterocycles. The fourth-order valence-electron chi connectivity index (χ4n) is 3.27. The average Bonchev–Trinajstić information content (AvgIpc) is 3.12. The van der Waals surface area contributed by atoms with Crippen molar-refractivity contribution in [3.05, 3.63) is 68.8 Å². The summed E-state index contributed by atoms with van der Waals surface area (Å²) in [5.74, 6) is 0.498. The summed E-state index contributed by atoms with van der Waals surface area (Å²) in [7, 11) is 2.02. The second-order valence-corrected chi connectivity index (χ2v) is 7.50. The molecule has 0 spiro atoms. The van der Waals surface area contributed by atoms with Crippen LogP contribution in [0.5, 0.6) is 5.75 Å². The van der Waals surface area contributed by atoms with E-state index >= 15 is 0 Å². The zero-order valence-electron chi connectivity index (χ0n) is 16.6. The number of benzene rings is 1. The van der Waals surface area contributed by atoms with Gasteiger partial charge in [0.25, 0.3) is 5.56 Å². The van der Waals surface area contributed by atoms with Crippen LogP contribution in [0.3, 0.4) is 0 Å². The van der Waals surface area contributed by atoms with Crippen LogP contribution in [0.15, 0.2) is 40.8 Å². The van der Waals surface area contributed by atoms with Gasteiger partial charge in [-0.1, -0.05) is 31.6 Å². The van der Waals surface area contributed by atoms with Crippen LogP contribution >= 0.6 is 0 Å². The minimum absolute atomic E-state index is 0.156. The fraction of sp³-hybridized carbons (Fsp3) is 0.318. The first-order valence-electron chi connectivity index (χ1n) is 9.19. The van der Waals surface area contributed by atoms with Crippen molar-refractivity contribution >= 4 is 6.08 Å². The molecule has 2 aromatic heterocycles. The van der Waals surface area contributed by atoms with E-state index in [-0.39, 0.29) is 11.3 Å². The number of rotatable bonds is 5. The molecule has 0 saturated carbocycles. The SMILES string of the molecule is C/C(=C\c1ccn(C)c1C)Cc1c(-c2cc(C(C)C)ccc2O)[nH][nH]c1=O. The monoisotopic (exact) mass is 365 g/mol. The summed E-state index contributed by atoms with van der Waals surface area (Å²) in [6.07, 6.45) is 4.64. The average molecular weight is 365 g/mol. The number of aromatic hydroxyl groups is 1. The largest absolute Gasteiger partial charge is 0.507 e. The molecule has 0 atom stereocenters. The number of H-pyrrole nitrogens is 2. The molecule has 0 aliphatic heterocycles. The molecular formula is C22H27N3O2. The van der Waals surface area contributed by atoms with Gasteiger partial charge in [-0.05, 0) is 49.1 Å². The highest BCUT2D eigenvalue weighted by atomic mass is 16.3. The summed E-state index contributed by atoms with van der Waals surface area (Å²) in [4.78, 5) is 12.4. The van der Waals surface area contributed by atoms with Gasteiger partial charge in [-0.15, -0.1) is 0 Å². The van der Waals surface area contributed by atoms with E-state index in [1.54, 1.807) is 6.07 Å². The second-order valence-electron chi connectivity index (χ2n) is 7.50. The molecule has 0 unspecified atom stereocenters. The van der Waals surface area contributed by atoms with Crippen molar-refractivity contribution in [3.8, 4) is 17.0 Å². The van der Waals surface area contributed by atoms with Crippen LogP contribution < -0.4 is 5.56 Å². The van der Waals surface area contributed by atoms with E-state index in [1.807, 2.05) is 32.3 Å². The Bertz CT molecular complexity index is 1050. The molecule has 5 heteroatoms. The van der Waals surface area contributed by atoms with Gasteiger partial charge in [-0.25, -0.2) is 0 Å². The third-order valence-electron chi connectivity index (χ3n) is 5.12. The number of nitrogens with one attached hydrogen (secondary N) is 2. The van der Waals surface area contributed by atoms with Crippen molar-refractivity contribution in [1.29, 1.82) is 0 Å². The van der Waals surface area contributed by atoms with Crippen LogP contribution in [0.1, 0.15) is 49.1 Å². The maximum absolute atomic E-state index is 12.4. The van der Waals surface area contributed by atoms with Gasteiger partial charge < -0.3 is 9.67 Å². The second kappa shape index (κ2) is 7.35. The molecule has 27 heavy (non-hydrogen) atoms. The predicted molar refractivity (Wildman–Crippen MR) is 110 cm³/mol. The number of allylic oxidation sites excluding steroid dienone is 1. The van der Waals surface area contributed by atoms with E-state index in [9.17, 15) is 9.90 Å². The number of nitrogens with zero attached hydrogens (tertiary/aromatic N) is 1. The summed E-state index contributed by atoms with van der Waals surface area (Å²) in [6, 6.07) is 7.62. The van der Waals surface area contributed by atoms with Gasteiger partial charge in [0, 0.05) is 36.5 Å². The van der Waals surface area contributed by atoms with Crippen LogP contribution in [0.2, 0.25) is 0 Å². The van der Waals surface area contributed by atoms with Gasteiger partial charge in [0.1, 0.15) is 5.75 Å². The Balaban J connectivity index is 2.00. The number of aryl methyl sites for hydroxylation is 1. The third kappa shape index (κ3) is 3.77. The molecular weight excluding hydrogens is 338 g/mol. The molecule has 0 amide bonds. The third-order valence-corrected chi connectivity index (χ3v) is 5.12. The Morgan fingerprint density at radius 3 is 2.63 bits per heavy atom. The molecule has 142 valence electrons. The lowest BCUT2D eigenvalue weighted by molar-refractivity contribution is 0.476. The van der Waals surface area contributed by atoms with Crippen molar-refractivity contribution < 1.29 is 5.11 Å². The number of hydrogen-bond donors (Lipinski definition) is 3. The van der Waals surface area contributed by atoms with E-state index in [1.165, 1.54) is 5.69 Å². The molecule has 0 aliphatic carbocycles. The van der Waals surface area contributed by atoms with E-state index in [0.717, 1.165) is 16.7 Å². The molecule has 0 fully saturated rings. The van der Waals surface area contributed by atoms with Crippen LogP contribution in [0, 0.1) is 6.92 Å². The highest BCUT2D eigenvalue weighted by molar-refractivity contribution is 5.71. The van der Waals surface area contributed by atoms with Crippen LogP contribution in [-0.4, -0.2) is 19.9 Å². The normalized spacial score (nSPS) is 12.1. The van der Waals surface area contributed by atoms with Crippen molar-refractivity contribution in [1.82, 2.24) is 14.8 Å². The van der Waals surface area contributed by atoms with Crippen LogP contribution in [0.4, 0.5) is 0 Å². The number of phenolic OH excluding ortho intramolecular Hbond substituents is 1. The van der Waals surface area contributed by atoms with Gasteiger partial charge in [0.05, 0.1) is 5.69 Å². The first kappa shape index (κ1) is 18.8. The fourth-order valence-corrected chi connectivity index (χ4v) is 3.27. The first-order chi connectivity index (χ1) is 12.8. The molecule has 0 radical (unpaired) electrons. The Labute approximate surface area is 159 Å². The topological polar surface area (TPSA) is 73.8 Å². The Hall–Kier alpha value is -2.95.